The molecule has 1 heterocycles. The van der Waals surface area contributed by atoms with E-state index in [-0.39, 0.29) is 6.04 Å². The van der Waals surface area contributed by atoms with E-state index in [0.717, 1.165) is 23.2 Å². The van der Waals surface area contributed by atoms with E-state index in [2.05, 4.69) is 66.9 Å². The van der Waals surface area contributed by atoms with Gasteiger partial charge in [0.15, 0.2) is 11.5 Å². The summed E-state index contributed by atoms with van der Waals surface area (Å²) in [7, 11) is 1.65. The Morgan fingerprint density at radius 1 is 0.949 bits per heavy atom. The molecule has 4 aromatic rings. The fourth-order valence-corrected chi connectivity index (χ4v) is 5.71. The van der Waals surface area contributed by atoms with E-state index in [1.54, 1.807) is 7.11 Å². The Bertz CT molecular complexity index is 1530. The first-order valence-electron chi connectivity index (χ1n) is 13.3. The van der Waals surface area contributed by atoms with Crippen LogP contribution >= 0.6 is 11.6 Å². The number of anilines is 1. The molecule has 4 nitrogen and oxygen atoms in total. The Morgan fingerprint density at radius 3 is 2.56 bits per heavy atom. The van der Waals surface area contributed by atoms with Gasteiger partial charge in [-0.3, -0.25) is 4.99 Å². The van der Waals surface area contributed by atoms with Gasteiger partial charge in [-0.2, -0.15) is 0 Å². The Labute approximate surface area is 235 Å². The van der Waals surface area contributed by atoms with Gasteiger partial charge in [0, 0.05) is 22.8 Å². The van der Waals surface area contributed by atoms with E-state index in [1.807, 2.05) is 48.7 Å². The Morgan fingerprint density at radius 2 is 1.77 bits per heavy atom. The third-order valence-corrected chi connectivity index (χ3v) is 7.88. The van der Waals surface area contributed by atoms with Crippen LogP contribution in [0.15, 0.2) is 102 Å². The van der Waals surface area contributed by atoms with E-state index in [0.29, 0.717) is 35.0 Å². The lowest BCUT2D eigenvalue weighted by Crippen LogP contribution is -2.29. The lowest BCUT2D eigenvalue weighted by Gasteiger charge is -2.37. The number of benzene rings is 4. The Balaban J connectivity index is 1.14. The first-order valence-corrected chi connectivity index (χ1v) is 13.7. The predicted molar refractivity (Wildman–Crippen MR) is 160 cm³/mol. The van der Waals surface area contributed by atoms with Crippen LogP contribution < -0.4 is 14.8 Å². The van der Waals surface area contributed by atoms with Gasteiger partial charge in [0.05, 0.1) is 18.8 Å². The van der Waals surface area contributed by atoms with Crippen molar-refractivity contribution in [3.05, 3.63) is 130 Å². The molecule has 0 saturated heterocycles. The minimum atomic E-state index is 0.280. The first-order chi connectivity index (χ1) is 19.1. The molecule has 1 N–H and O–H groups in total. The van der Waals surface area contributed by atoms with Crippen LogP contribution in [0.5, 0.6) is 11.5 Å². The van der Waals surface area contributed by atoms with Crippen molar-refractivity contribution < 1.29 is 9.47 Å². The number of ether oxygens (including phenoxy) is 2. The molecule has 196 valence electrons. The van der Waals surface area contributed by atoms with Gasteiger partial charge in [-0.1, -0.05) is 65.7 Å². The van der Waals surface area contributed by atoms with E-state index in [1.165, 1.54) is 22.4 Å². The van der Waals surface area contributed by atoms with Crippen molar-refractivity contribution in [2.75, 3.05) is 12.4 Å². The maximum absolute atomic E-state index is 5.98. The third-order valence-electron chi connectivity index (χ3n) is 7.63. The van der Waals surface area contributed by atoms with Crippen LogP contribution in [-0.4, -0.2) is 13.3 Å². The van der Waals surface area contributed by atoms with Gasteiger partial charge in [-0.15, -0.1) is 0 Å². The number of allylic oxidation sites excluding steroid dienone is 2. The summed E-state index contributed by atoms with van der Waals surface area (Å²) in [6.07, 6.45) is 7.67. The van der Waals surface area contributed by atoms with Crippen LogP contribution in [0.25, 0.3) is 0 Å². The molecule has 0 radical (unpaired) electrons. The quantitative estimate of drug-likeness (QED) is 0.190. The van der Waals surface area contributed by atoms with Gasteiger partial charge in [0.25, 0.3) is 0 Å². The number of methoxy groups -OCH3 is 1. The highest BCUT2D eigenvalue weighted by molar-refractivity contribution is 6.30. The minimum Gasteiger partial charge on any atom is -0.493 e. The molecule has 0 unspecified atom stereocenters. The molecule has 0 bridgehead atoms. The van der Waals surface area contributed by atoms with Crippen molar-refractivity contribution in [2.24, 2.45) is 10.9 Å². The maximum atomic E-state index is 5.98. The average molecular weight is 535 g/mol. The molecule has 2 aliphatic rings. The summed E-state index contributed by atoms with van der Waals surface area (Å²) < 4.78 is 11.6. The van der Waals surface area contributed by atoms with Crippen LogP contribution in [0.1, 0.15) is 46.2 Å². The van der Waals surface area contributed by atoms with E-state index < -0.39 is 0 Å². The van der Waals surface area contributed by atoms with Crippen molar-refractivity contribution in [1.82, 2.24) is 0 Å². The molecule has 0 amide bonds. The van der Waals surface area contributed by atoms with Gasteiger partial charge in [0.2, 0.25) is 0 Å². The number of nitrogens with zero attached hydrogens (tertiary/aromatic N) is 1. The van der Waals surface area contributed by atoms with Gasteiger partial charge in [-0.05, 0) is 90.0 Å². The first kappa shape index (κ1) is 25.3. The molecule has 39 heavy (non-hydrogen) atoms. The van der Waals surface area contributed by atoms with Gasteiger partial charge < -0.3 is 14.8 Å². The minimum absolute atomic E-state index is 0.280. The Hall–Kier alpha value is -4.02. The second kappa shape index (κ2) is 11.0. The number of aryl methyl sites for hydroxylation is 1. The summed E-state index contributed by atoms with van der Waals surface area (Å²) in [5, 5.41) is 4.53. The van der Waals surface area contributed by atoms with E-state index in [9.17, 15) is 0 Å². The zero-order valence-electron chi connectivity index (χ0n) is 22.1. The SMILES string of the molecule is COc1cc(C=Nc2ccc([C@@H]3Nc4ccc(C)cc4[C@@H]4C=CC[C@@H]43)cc2)ccc1OCc1ccc(Cl)cc1. The largest absolute Gasteiger partial charge is 0.493 e. The summed E-state index contributed by atoms with van der Waals surface area (Å²) in [5.74, 6) is 2.35. The smallest absolute Gasteiger partial charge is 0.161 e. The molecular weight excluding hydrogens is 504 g/mol. The molecule has 0 saturated carbocycles. The summed E-state index contributed by atoms with van der Waals surface area (Å²) in [6, 6.07) is 29.1. The molecule has 6 rings (SSSR count). The fourth-order valence-electron chi connectivity index (χ4n) is 5.59. The topological polar surface area (TPSA) is 42.8 Å². The van der Waals surface area contributed by atoms with E-state index >= 15 is 0 Å². The van der Waals surface area contributed by atoms with Crippen LogP contribution in [0, 0.1) is 12.8 Å². The number of hydrogen-bond acceptors (Lipinski definition) is 4. The second-order valence-corrected chi connectivity index (χ2v) is 10.7. The normalized spacial score (nSPS) is 19.4. The number of fused-ring (bicyclic) bond motifs is 3. The summed E-state index contributed by atoms with van der Waals surface area (Å²) in [4.78, 5) is 4.72. The van der Waals surface area contributed by atoms with Crippen LogP contribution in [-0.2, 0) is 6.61 Å². The van der Waals surface area contributed by atoms with Gasteiger partial charge in [0.1, 0.15) is 6.61 Å². The van der Waals surface area contributed by atoms with Crippen LogP contribution in [0.4, 0.5) is 11.4 Å². The molecule has 3 atom stereocenters. The average Bonchev–Trinajstić information content (AvgIpc) is 3.46. The van der Waals surface area contributed by atoms with Gasteiger partial charge >= 0.3 is 0 Å². The molecule has 1 aliphatic carbocycles. The molecule has 0 spiro atoms. The monoisotopic (exact) mass is 534 g/mol. The predicted octanol–water partition coefficient (Wildman–Crippen LogP) is 8.81. The number of nitrogens with one attached hydrogen (secondary N) is 1. The molecular formula is C34H31ClN2O2. The summed E-state index contributed by atoms with van der Waals surface area (Å²) in [6.45, 7) is 2.60. The third kappa shape index (κ3) is 5.43. The standard InChI is InChI=1S/C34H31ClN2O2/c1-22-6-16-31-30(18-22)28-4-3-5-29(28)34(37-31)25-10-14-27(15-11-25)36-20-24-9-17-32(33(19-24)38-2)39-21-23-7-12-26(35)13-8-23/h3-4,6-20,28-29,34,37H,5,21H2,1-2H3/t28-,29+,34+/m1/s1. The molecule has 0 fully saturated rings. The highest BCUT2D eigenvalue weighted by Gasteiger charge is 2.37. The Kier molecular flexibility index (Phi) is 7.12. The number of hydrogen-bond donors (Lipinski definition) is 1. The number of rotatable bonds is 7. The maximum Gasteiger partial charge on any atom is 0.161 e. The lowest BCUT2D eigenvalue weighted by molar-refractivity contribution is 0.284. The summed E-state index contributed by atoms with van der Waals surface area (Å²) in [5.41, 5.74) is 8.16. The molecule has 0 aromatic heterocycles. The van der Waals surface area contributed by atoms with Crippen molar-refractivity contribution in [3.63, 3.8) is 0 Å². The number of aliphatic imine (C=N–C) groups is 1. The molecule has 4 aromatic carbocycles. The van der Waals surface area contributed by atoms with Crippen molar-refractivity contribution in [1.29, 1.82) is 0 Å². The molecule has 5 heteroatoms. The van der Waals surface area contributed by atoms with Crippen LogP contribution in [0.2, 0.25) is 5.02 Å². The second-order valence-electron chi connectivity index (χ2n) is 10.2. The fraction of sp³-hybridized carbons (Fsp3) is 0.206. The van der Waals surface area contributed by atoms with Crippen LogP contribution in [0.3, 0.4) is 0 Å². The van der Waals surface area contributed by atoms with E-state index in [4.69, 9.17) is 26.1 Å². The number of halogens is 1. The van der Waals surface area contributed by atoms with Crippen molar-refractivity contribution in [2.45, 2.75) is 31.9 Å². The highest BCUT2D eigenvalue weighted by atomic mass is 35.5. The highest BCUT2D eigenvalue weighted by Crippen LogP contribution is 2.50. The lowest BCUT2D eigenvalue weighted by atomic mass is 9.76. The zero-order valence-corrected chi connectivity index (χ0v) is 22.9. The van der Waals surface area contributed by atoms with Crippen molar-refractivity contribution >= 4 is 29.2 Å². The summed E-state index contributed by atoms with van der Waals surface area (Å²) >= 11 is 5.97. The zero-order chi connectivity index (χ0) is 26.8. The molecule has 1 aliphatic heterocycles. The van der Waals surface area contributed by atoms with Crippen molar-refractivity contribution in [3.8, 4) is 11.5 Å². The van der Waals surface area contributed by atoms with Gasteiger partial charge in [-0.25, -0.2) is 0 Å².